The Morgan fingerprint density at radius 2 is 2.08 bits per heavy atom. The van der Waals surface area contributed by atoms with Crippen LogP contribution in [-0.2, 0) is 9.53 Å². The lowest BCUT2D eigenvalue weighted by atomic mass is 10.3. The Kier molecular flexibility index (Phi) is 4.70. The Morgan fingerprint density at radius 1 is 1.54 bits per heavy atom. The third kappa shape index (κ3) is 5.42. The molecule has 0 aliphatic carbocycles. The zero-order chi connectivity index (χ0) is 10.5. The molecule has 0 spiro atoms. The molecule has 0 heterocycles. The maximum Gasteiger partial charge on any atom is 0.334 e. The van der Waals surface area contributed by atoms with Crippen molar-refractivity contribution in [2.75, 3.05) is 6.54 Å². The second-order valence-electron chi connectivity index (χ2n) is 3.61. The van der Waals surface area contributed by atoms with E-state index in [0.717, 1.165) is 13.0 Å². The largest absolute Gasteiger partial charge is 0.441 e. The van der Waals surface area contributed by atoms with E-state index < -0.39 is 5.72 Å². The van der Waals surface area contributed by atoms with Gasteiger partial charge in [0.05, 0.1) is 0 Å². The molecule has 0 aliphatic rings. The van der Waals surface area contributed by atoms with Crippen molar-refractivity contribution in [3.8, 4) is 0 Å². The molecule has 3 nitrogen and oxygen atoms in total. The average Bonchev–Trinajstić information content (AvgIpc) is 2.00. The number of ether oxygens (including phenoxy) is 1. The van der Waals surface area contributed by atoms with Gasteiger partial charge in [-0.3, -0.25) is 5.32 Å². The summed E-state index contributed by atoms with van der Waals surface area (Å²) in [4.78, 5) is 11.2. The van der Waals surface area contributed by atoms with Gasteiger partial charge in [0.2, 0.25) is 0 Å². The molecule has 0 aromatic carbocycles. The number of rotatable bonds is 5. The van der Waals surface area contributed by atoms with Crippen molar-refractivity contribution in [2.45, 2.75) is 39.8 Å². The summed E-state index contributed by atoms with van der Waals surface area (Å²) in [6.45, 7) is 11.7. The van der Waals surface area contributed by atoms with Crippen LogP contribution in [0.25, 0.3) is 0 Å². The summed E-state index contributed by atoms with van der Waals surface area (Å²) in [5, 5.41) is 3.11. The molecule has 0 aliphatic heterocycles. The second-order valence-corrected chi connectivity index (χ2v) is 3.61. The monoisotopic (exact) mass is 185 g/mol. The van der Waals surface area contributed by atoms with Gasteiger partial charge in [-0.05, 0) is 33.7 Å². The highest BCUT2D eigenvalue weighted by atomic mass is 16.6. The molecule has 0 atom stereocenters. The predicted octanol–water partition coefficient (Wildman–Crippen LogP) is 1.84. The standard InChI is InChI=1S/C10H19NO2/c1-6-7-11-10(4,5)13-9(12)8(2)3/h11H,2,6-7H2,1,3-5H3. The quantitative estimate of drug-likeness (QED) is 0.403. The Morgan fingerprint density at radius 3 is 2.46 bits per heavy atom. The van der Waals surface area contributed by atoms with Crippen molar-refractivity contribution < 1.29 is 9.53 Å². The highest BCUT2D eigenvalue weighted by molar-refractivity contribution is 5.87. The molecule has 0 aromatic heterocycles. The fourth-order valence-electron chi connectivity index (χ4n) is 0.781. The van der Waals surface area contributed by atoms with Gasteiger partial charge < -0.3 is 4.74 Å². The van der Waals surface area contributed by atoms with Gasteiger partial charge in [-0.15, -0.1) is 0 Å². The van der Waals surface area contributed by atoms with Crippen LogP contribution in [0.3, 0.4) is 0 Å². The Labute approximate surface area is 80.2 Å². The van der Waals surface area contributed by atoms with E-state index in [1.807, 2.05) is 13.8 Å². The van der Waals surface area contributed by atoms with Crippen molar-refractivity contribution >= 4 is 5.97 Å². The molecular formula is C10H19NO2. The van der Waals surface area contributed by atoms with Gasteiger partial charge in [-0.1, -0.05) is 13.5 Å². The maximum atomic E-state index is 11.2. The minimum Gasteiger partial charge on any atom is -0.441 e. The molecule has 0 fully saturated rings. The van der Waals surface area contributed by atoms with Gasteiger partial charge in [-0.25, -0.2) is 4.79 Å². The first-order valence-corrected chi connectivity index (χ1v) is 4.53. The van der Waals surface area contributed by atoms with Crippen molar-refractivity contribution in [1.82, 2.24) is 5.32 Å². The zero-order valence-electron chi connectivity index (χ0n) is 8.94. The second kappa shape index (κ2) is 5.02. The SMILES string of the molecule is C=C(C)C(=O)OC(C)(C)NCCC. The molecule has 3 heteroatoms. The van der Waals surface area contributed by atoms with E-state index in [1.165, 1.54) is 0 Å². The van der Waals surface area contributed by atoms with Crippen LogP contribution in [-0.4, -0.2) is 18.2 Å². The van der Waals surface area contributed by atoms with E-state index in [9.17, 15) is 4.79 Å². The lowest BCUT2D eigenvalue weighted by Crippen LogP contribution is -2.44. The third-order valence-electron chi connectivity index (χ3n) is 1.50. The van der Waals surface area contributed by atoms with E-state index >= 15 is 0 Å². The Bertz CT molecular complexity index is 197. The van der Waals surface area contributed by atoms with Crippen molar-refractivity contribution in [3.05, 3.63) is 12.2 Å². The molecule has 0 bridgehead atoms. The van der Waals surface area contributed by atoms with Gasteiger partial charge in [0.15, 0.2) is 5.72 Å². The molecule has 0 saturated heterocycles. The van der Waals surface area contributed by atoms with Gasteiger partial charge in [0, 0.05) is 5.57 Å². The van der Waals surface area contributed by atoms with Crippen LogP contribution >= 0.6 is 0 Å². The fourth-order valence-corrected chi connectivity index (χ4v) is 0.781. The van der Waals surface area contributed by atoms with Gasteiger partial charge in [0.25, 0.3) is 0 Å². The number of esters is 1. The van der Waals surface area contributed by atoms with E-state index in [1.54, 1.807) is 6.92 Å². The minimum atomic E-state index is -0.605. The van der Waals surface area contributed by atoms with Crippen molar-refractivity contribution in [3.63, 3.8) is 0 Å². The first-order chi connectivity index (χ1) is 5.89. The minimum absolute atomic E-state index is 0.353. The predicted molar refractivity (Wildman–Crippen MR) is 53.3 cm³/mol. The van der Waals surface area contributed by atoms with Gasteiger partial charge in [0.1, 0.15) is 0 Å². The van der Waals surface area contributed by atoms with E-state index in [2.05, 4.69) is 18.8 Å². The summed E-state index contributed by atoms with van der Waals surface area (Å²) in [6.07, 6.45) is 1.01. The molecule has 0 radical (unpaired) electrons. The summed E-state index contributed by atoms with van der Waals surface area (Å²) in [5.74, 6) is -0.353. The lowest BCUT2D eigenvalue weighted by Gasteiger charge is -2.26. The molecule has 0 amide bonds. The van der Waals surface area contributed by atoms with Crippen LogP contribution in [0.4, 0.5) is 0 Å². The average molecular weight is 185 g/mol. The molecule has 13 heavy (non-hydrogen) atoms. The third-order valence-corrected chi connectivity index (χ3v) is 1.50. The Balaban J connectivity index is 4.00. The number of hydrogen-bond donors (Lipinski definition) is 1. The van der Waals surface area contributed by atoms with Crippen LogP contribution < -0.4 is 5.32 Å². The molecule has 0 rings (SSSR count). The summed E-state index contributed by atoms with van der Waals surface area (Å²) in [7, 11) is 0. The molecule has 0 saturated carbocycles. The summed E-state index contributed by atoms with van der Waals surface area (Å²) >= 11 is 0. The number of hydrogen-bond acceptors (Lipinski definition) is 3. The number of nitrogens with one attached hydrogen (secondary N) is 1. The Hall–Kier alpha value is -0.830. The highest BCUT2D eigenvalue weighted by Crippen LogP contribution is 2.07. The summed E-state index contributed by atoms with van der Waals surface area (Å²) in [5.41, 5.74) is -0.183. The van der Waals surface area contributed by atoms with E-state index in [-0.39, 0.29) is 5.97 Å². The number of carbonyl (C=O) groups is 1. The van der Waals surface area contributed by atoms with Crippen LogP contribution in [0.2, 0.25) is 0 Å². The first-order valence-electron chi connectivity index (χ1n) is 4.53. The molecule has 76 valence electrons. The van der Waals surface area contributed by atoms with E-state index in [0.29, 0.717) is 5.57 Å². The molecule has 0 aromatic rings. The lowest BCUT2D eigenvalue weighted by molar-refractivity contribution is -0.154. The van der Waals surface area contributed by atoms with Gasteiger partial charge in [-0.2, -0.15) is 0 Å². The van der Waals surface area contributed by atoms with Gasteiger partial charge >= 0.3 is 5.97 Å². The first kappa shape index (κ1) is 12.2. The zero-order valence-corrected chi connectivity index (χ0v) is 8.94. The molecular weight excluding hydrogens is 166 g/mol. The molecule has 0 unspecified atom stereocenters. The van der Waals surface area contributed by atoms with Crippen LogP contribution in [0.5, 0.6) is 0 Å². The summed E-state index contributed by atoms with van der Waals surface area (Å²) < 4.78 is 5.15. The highest BCUT2D eigenvalue weighted by Gasteiger charge is 2.21. The van der Waals surface area contributed by atoms with Crippen LogP contribution in [0, 0.1) is 0 Å². The van der Waals surface area contributed by atoms with E-state index in [4.69, 9.17) is 4.74 Å². The maximum absolute atomic E-state index is 11.2. The summed E-state index contributed by atoms with van der Waals surface area (Å²) in [6, 6.07) is 0. The normalized spacial score (nSPS) is 11.1. The van der Waals surface area contributed by atoms with Crippen molar-refractivity contribution in [1.29, 1.82) is 0 Å². The smallest absolute Gasteiger partial charge is 0.334 e. The van der Waals surface area contributed by atoms with Crippen molar-refractivity contribution in [2.24, 2.45) is 0 Å². The van der Waals surface area contributed by atoms with Crippen LogP contribution in [0.15, 0.2) is 12.2 Å². The fraction of sp³-hybridized carbons (Fsp3) is 0.700. The number of carbonyl (C=O) groups excluding carboxylic acids is 1. The topological polar surface area (TPSA) is 38.3 Å². The van der Waals surface area contributed by atoms with Crippen LogP contribution in [0.1, 0.15) is 34.1 Å². The molecule has 1 N–H and O–H groups in total.